The maximum Gasteiger partial charge on any atom is 0.307 e. The van der Waals surface area contributed by atoms with Crippen molar-refractivity contribution in [1.29, 1.82) is 5.26 Å². The predicted molar refractivity (Wildman–Crippen MR) is 59.0 cm³/mol. The molecular formula is C12H10N2O3. The number of anilines is 1. The molecule has 0 aromatic heterocycles. The summed E-state index contributed by atoms with van der Waals surface area (Å²) in [7, 11) is 0. The zero-order valence-corrected chi connectivity index (χ0v) is 8.88. The average molecular weight is 230 g/mol. The van der Waals surface area contributed by atoms with Crippen LogP contribution in [-0.2, 0) is 9.59 Å². The number of carboxylic acid groups (broad SMARTS) is 1. The second-order valence-corrected chi connectivity index (χ2v) is 3.97. The van der Waals surface area contributed by atoms with E-state index in [2.05, 4.69) is 5.32 Å². The third-order valence-corrected chi connectivity index (χ3v) is 2.73. The Morgan fingerprint density at radius 1 is 1.29 bits per heavy atom. The van der Waals surface area contributed by atoms with Gasteiger partial charge in [-0.05, 0) is 30.7 Å². The second-order valence-electron chi connectivity index (χ2n) is 3.97. The van der Waals surface area contributed by atoms with Crippen LogP contribution in [0.3, 0.4) is 0 Å². The summed E-state index contributed by atoms with van der Waals surface area (Å²) in [5.74, 6) is -2.18. The highest BCUT2D eigenvalue weighted by molar-refractivity contribution is 5.98. The van der Waals surface area contributed by atoms with E-state index in [0.29, 0.717) is 17.7 Å². The van der Waals surface area contributed by atoms with Crippen LogP contribution in [0.1, 0.15) is 12.0 Å². The van der Waals surface area contributed by atoms with Gasteiger partial charge in [0.05, 0.1) is 23.5 Å². The van der Waals surface area contributed by atoms with E-state index < -0.39 is 17.8 Å². The topological polar surface area (TPSA) is 90.2 Å². The van der Waals surface area contributed by atoms with Crippen LogP contribution in [0.5, 0.6) is 0 Å². The maximum absolute atomic E-state index is 11.6. The number of amides is 1. The van der Waals surface area contributed by atoms with Crippen LogP contribution in [0.4, 0.5) is 5.69 Å². The Labute approximate surface area is 97.7 Å². The fourth-order valence-electron chi connectivity index (χ4n) is 1.62. The quantitative estimate of drug-likeness (QED) is 0.816. The molecule has 0 radical (unpaired) electrons. The maximum atomic E-state index is 11.6. The molecule has 0 heterocycles. The van der Waals surface area contributed by atoms with Gasteiger partial charge in [0.25, 0.3) is 0 Å². The Bertz CT molecular complexity index is 501. The number of carbonyl (C=O) groups is 2. The Kier molecular flexibility index (Phi) is 2.79. The van der Waals surface area contributed by atoms with Gasteiger partial charge in [0.2, 0.25) is 5.91 Å². The first-order valence-electron chi connectivity index (χ1n) is 5.15. The number of carbonyl (C=O) groups excluding carboxylic acids is 1. The molecule has 5 heteroatoms. The SMILES string of the molecule is N#Cc1ccc(NC(=O)[C@@H]2C[C@@H]2C(=O)O)cc1. The number of aliphatic carboxylic acids is 1. The molecule has 1 aromatic carbocycles. The van der Waals surface area contributed by atoms with E-state index in [1.165, 1.54) is 0 Å². The largest absolute Gasteiger partial charge is 0.481 e. The first kappa shape index (κ1) is 11.1. The molecule has 1 fully saturated rings. The number of nitriles is 1. The Hall–Kier alpha value is -2.35. The number of hydrogen-bond acceptors (Lipinski definition) is 3. The van der Waals surface area contributed by atoms with Crippen LogP contribution in [0.15, 0.2) is 24.3 Å². The zero-order chi connectivity index (χ0) is 12.4. The smallest absolute Gasteiger partial charge is 0.307 e. The van der Waals surface area contributed by atoms with Gasteiger partial charge in [-0.25, -0.2) is 0 Å². The highest BCUT2D eigenvalue weighted by Crippen LogP contribution is 2.39. The fourth-order valence-corrected chi connectivity index (χ4v) is 1.62. The molecule has 5 nitrogen and oxygen atoms in total. The van der Waals surface area contributed by atoms with E-state index in [4.69, 9.17) is 10.4 Å². The van der Waals surface area contributed by atoms with Gasteiger partial charge in [0.1, 0.15) is 0 Å². The fraction of sp³-hybridized carbons (Fsp3) is 0.250. The molecule has 0 aliphatic heterocycles. The predicted octanol–water partition coefficient (Wildman–Crippen LogP) is 1.22. The van der Waals surface area contributed by atoms with Gasteiger partial charge in [0, 0.05) is 5.69 Å². The van der Waals surface area contributed by atoms with E-state index in [1.807, 2.05) is 6.07 Å². The van der Waals surface area contributed by atoms with Crippen LogP contribution < -0.4 is 5.32 Å². The number of carboxylic acids is 1. The summed E-state index contributed by atoms with van der Waals surface area (Å²) in [5, 5.41) is 19.9. The van der Waals surface area contributed by atoms with Crippen molar-refractivity contribution in [2.45, 2.75) is 6.42 Å². The van der Waals surface area contributed by atoms with Crippen molar-refractivity contribution in [1.82, 2.24) is 0 Å². The third kappa shape index (κ3) is 2.42. The van der Waals surface area contributed by atoms with E-state index in [1.54, 1.807) is 24.3 Å². The van der Waals surface area contributed by atoms with Crippen LogP contribution >= 0.6 is 0 Å². The minimum Gasteiger partial charge on any atom is -0.481 e. The molecule has 0 bridgehead atoms. The minimum absolute atomic E-state index is 0.276. The number of nitrogens with zero attached hydrogens (tertiary/aromatic N) is 1. The molecule has 1 aliphatic carbocycles. The lowest BCUT2D eigenvalue weighted by atomic mass is 10.2. The average Bonchev–Trinajstić information content (AvgIpc) is 3.10. The second kappa shape index (κ2) is 4.26. The lowest BCUT2D eigenvalue weighted by molar-refractivity contribution is -0.139. The molecule has 1 saturated carbocycles. The Morgan fingerprint density at radius 2 is 1.94 bits per heavy atom. The van der Waals surface area contributed by atoms with Crippen molar-refractivity contribution in [3.05, 3.63) is 29.8 Å². The summed E-state index contributed by atoms with van der Waals surface area (Å²) < 4.78 is 0. The molecule has 0 unspecified atom stereocenters. The highest BCUT2D eigenvalue weighted by Gasteiger charge is 2.48. The third-order valence-electron chi connectivity index (χ3n) is 2.73. The van der Waals surface area contributed by atoms with Gasteiger partial charge in [-0.1, -0.05) is 0 Å². The van der Waals surface area contributed by atoms with Crippen LogP contribution in [0.2, 0.25) is 0 Å². The van der Waals surface area contributed by atoms with Crippen molar-refractivity contribution >= 4 is 17.6 Å². The number of nitrogens with one attached hydrogen (secondary N) is 1. The van der Waals surface area contributed by atoms with Crippen LogP contribution in [0.25, 0.3) is 0 Å². The van der Waals surface area contributed by atoms with Crippen molar-refractivity contribution in [3.63, 3.8) is 0 Å². The summed E-state index contributed by atoms with van der Waals surface area (Å²) in [6.07, 6.45) is 0.400. The molecule has 1 aromatic rings. The molecule has 2 rings (SSSR count). The van der Waals surface area contributed by atoms with Gasteiger partial charge >= 0.3 is 5.97 Å². The standard InChI is InChI=1S/C12H10N2O3/c13-6-7-1-3-8(4-2-7)14-11(15)9-5-10(9)12(16)17/h1-4,9-10H,5H2,(H,14,15)(H,16,17)/t9-,10+/m1/s1. The van der Waals surface area contributed by atoms with Crippen molar-refractivity contribution in [2.24, 2.45) is 11.8 Å². The molecule has 1 aliphatic rings. The molecule has 0 spiro atoms. The van der Waals surface area contributed by atoms with E-state index >= 15 is 0 Å². The van der Waals surface area contributed by atoms with Crippen molar-refractivity contribution in [3.8, 4) is 6.07 Å². The van der Waals surface area contributed by atoms with Gasteiger partial charge in [0.15, 0.2) is 0 Å². The van der Waals surface area contributed by atoms with Gasteiger partial charge in [-0.2, -0.15) is 5.26 Å². The molecule has 2 atom stereocenters. The van der Waals surface area contributed by atoms with Gasteiger partial charge < -0.3 is 10.4 Å². The van der Waals surface area contributed by atoms with Crippen molar-refractivity contribution in [2.75, 3.05) is 5.32 Å². The lowest BCUT2D eigenvalue weighted by Crippen LogP contribution is -2.16. The van der Waals surface area contributed by atoms with E-state index in [-0.39, 0.29) is 5.91 Å². The summed E-state index contributed by atoms with van der Waals surface area (Å²) in [5.41, 5.74) is 1.09. The van der Waals surface area contributed by atoms with E-state index in [9.17, 15) is 9.59 Å². The molecule has 0 saturated heterocycles. The number of rotatable bonds is 3. The Balaban J connectivity index is 1.95. The molecule has 17 heavy (non-hydrogen) atoms. The van der Waals surface area contributed by atoms with Crippen LogP contribution in [0, 0.1) is 23.2 Å². The minimum atomic E-state index is -0.926. The lowest BCUT2D eigenvalue weighted by Gasteiger charge is -2.03. The number of hydrogen-bond donors (Lipinski definition) is 2. The van der Waals surface area contributed by atoms with E-state index in [0.717, 1.165) is 0 Å². The summed E-state index contributed by atoms with van der Waals surface area (Å²) in [6, 6.07) is 8.40. The molecular weight excluding hydrogens is 220 g/mol. The first-order chi connectivity index (χ1) is 8.11. The molecule has 86 valence electrons. The molecule has 1 amide bonds. The zero-order valence-electron chi connectivity index (χ0n) is 8.88. The number of benzene rings is 1. The first-order valence-corrected chi connectivity index (χ1v) is 5.15. The van der Waals surface area contributed by atoms with Gasteiger partial charge in [-0.3, -0.25) is 9.59 Å². The van der Waals surface area contributed by atoms with Gasteiger partial charge in [-0.15, -0.1) is 0 Å². The molecule has 2 N–H and O–H groups in total. The van der Waals surface area contributed by atoms with Crippen LogP contribution in [-0.4, -0.2) is 17.0 Å². The Morgan fingerprint density at radius 3 is 2.41 bits per heavy atom. The summed E-state index contributed by atoms with van der Waals surface area (Å²) in [6.45, 7) is 0. The van der Waals surface area contributed by atoms with Crippen molar-refractivity contribution < 1.29 is 14.7 Å². The monoisotopic (exact) mass is 230 g/mol. The summed E-state index contributed by atoms with van der Waals surface area (Å²) >= 11 is 0. The highest BCUT2D eigenvalue weighted by atomic mass is 16.4. The normalized spacial score (nSPS) is 21.4. The summed E-state index contributed by atoms with van der Waals surface area (Å²) in [4.78, 5) is 22.2.